The molecular formula is C17H17ClN2O5S. The molecule has 0 fully saturated rings. The maximum Gasteiger partial charge on any atom is 0.324 e. The van der Waals surface area contributed by atoms with Crippen LogP contribution >= 0.6 is 11.6 Å². The van der Waals surface area contributed by atoms with Crippen LogP contribution in [0.3, 0.4) is 0 Å². The Labute approximate surface area is 156 Å². The van der Waals surface area contributed by atoms with Crippen molar-refractivity contribution in [1.29, 1.82) is 0 Å². The quantitative estimate of drug-likeness (QED) is 0.698. The first kappa shape index (κ1) is 19.9. The summed E-state index contributed by atoms with van der Waals surface area (Å²) in [6, 6.07) is 13.0. The van der Waals surface area contributed by atoms with E-state index in [-0.39, 0.29) is 4.90 Å². The third-order valence-corrected chi connectivity index (χ3v) is 5.02. The van der Waals surface area contributed by atoms with E-state index in [2.05, 4.69) is 10.0 Å². The minimum atomic E-state index is -3.92. The summed E-state index contributed by atoms with van der Waals surface area (Å²) >= 11 is 5.72. The Morgan fingerprint density at radius 1 is 1.08 bits per heavy atom. The number of hydrogen-bond donors (Lipinski definition) is 2. The Morgan fingerprint density at radius 2 is 1.69 bits per heavy atom. The lowest BCUT2D eigenvalue weighted by atomic mass is 10.3. The standard InChI is InChI=1S/C17H17ClN2O5S/c1-12(20-26(23,24)15-9-7-13(18)8-10-15)17(22)25-11-16(21)19-14-5-3-2-4-6-14/h2-10,12,20H,11H2,1H3,(H,19,21)/t12-/m0/s1. The predicted molar refractivity (Wildman–Crippen MR) is 97.3 cm³/mol. The second kappa shape index (κ2) is 8.79. The monoisotopic (exact) mass is 396 g/mol. The van der Waals surface area contributed by atoms with Crippen LogP contribution in [0.25, 0.3) is 0 Å². The highest BCUT2D eigenvalue weighted by atomic mass is 35.5. The third kappa shape index (κ3) is 5.83. The van der Waals surface area contributed by atoms with Crippen LogP contribution in [0.4, 0.5) is 5.69 Å². The number of carbonyl (C=O) groups excluding carboxylic acids is 2. The summed E-state index contributed by atoms with van der Waals surface area (Å²) in [6.45, 7) is 0.797. The van der Waals surface area contributed by atoms with E-state index in [1.807, 2.05) is 0 Å². The van der Waals surface area contributed by atoms with Gasteiger partial charge in [0.2, 0.25) is 10.0 Å². The Morgan fingerprint density at radius 3 is 2.31 bits per heavy atom. The fourth-order valence-corrected chi connectivity index (χ4v) is 3.26. The first-order valence-electron chi connectivity index (χ1n) is 7.57. The Kier molecular flexibility index (Phi) is 6.73. The molecule has 0 aliphatic heterocycles. The number of amides is 1. The smallest absolute Gasteiger partial charge is 0.324 e. The molecule has 1 atom stereocenters. The molecule has 0 bridgehead atoms. The van der Waals surface area contributed by atoms with Crippen molar-refractivity contribution >= 4 is 39.2 Å². The van der Waals surface area contributed by atoms with Crippen molar-refractivity contribution in [3.8, 4) is 0 Å². The number of ether oxygens (including phenoxy) is 1. The van der Waals surface area contributed by atoms with Gasteiger partial charge >= 0.3 is 5.97 Å². The average Bonchev–Trinajstić information content (AvgIpc) is 2.60. The van der Waals surface area contributed by atoms with Crippen LogP contribution in [0.2, 0.25) is 5.02 Å². The average molecular weight is 397 g/mol. The van der Waals surface area contributed by atoms with E-state index in [1.165, 1.54) is 31.2 Å². The summed E-state index contributed by atoms with van der Waals surface area (Å²) in [6.07, 6.45) is 0. The van der Waals surface area contributed by atoms with Gasteiger partial charge in [0.1, 0.15) is 6.04 Å². The Bertz CT molecular complexity index is 870. The van der Waals surface area contributed by atoms with Gasteiger partial charge in [-0.2, -0.15) is 4.72 Å². The van der Waals surface area contributed by atoms with Crippen LogP contribution in [0, 0.1) is 0 Å². The lowest BCUT2D eigenvalue weighted by Gasteiger charge is -2.14. The van der Waals surface area contributed by atoms with Gasteiger partial charge in [-0.25, -0.2) is 8.42 Å². The van der Waals surface area contributed by atoms with Gasteiger partial charge < -0.3 is 10.1 Å². The SMILES string of the molecule is C[C@H](NS(=O)(=O)c1ccc(Cl)cc1)C(=O)OCC(=O)Nc1ccccc1. The zero-order chi connectivity index (χ0) is 19.2. The van der Waals surface area contributed by atoms with E-state index in [0.717, 1.165) is 0 Å². The van der Waals surface area contributed by atoms with Crippen molar-refractivity contribution in [3.63, 3.8) is 0 Å². The summed E-state index contributed by atoms with van der Waals surface area (Å²) in [4.78, 5) is 23.6. The molecule has 0 aliphatic rings. The fourth-order valence-electron chi connectivity index (χ4n) is 1.94. The molecule has 0 spiro atoms. The summed E-state index contributed by atoms with van der Waals surface area (Å²) in [5.74, 6) is -1.40. The third-order valence-electron chi connectivity index (χ3n) is 3.21. The number of benzene rings is 2. The summed E-state index contributed by atoms with van der Waals surface area (Å²) < 4.78 is 31.4. The van der Waals surface area contributed by atoms with Gasteiger partial charge in [0.05, 0.1) is 4.90 Å². The number of halogens is 1. The molecule has 26 heavy (non-hydrogen) atoms. The number of hydrogen-bond acceptors (Lipinski definition) is 5. The maximum absolute atomic E-state index is 12.2. The highest BCUT2D eigenvalue weighted by molar-refractivity contribution is 7.89. The molecule has 2 rings (SSSR count). The van der Waals surface area contributed by atoms with Crippen LogP contribution in [-0.2, 0) is 24.3 Å². The van der Waals surface area contributed by atoms with Crippen molar-refractivity contribution in [2.24, 2.45) is 0 Å². The minimum absolute atomic E-state index is 0.0385. The van der Waals surface area contributed by atoms with Crippen LogP contribution in [0.1, 0.15) is 6.92 Å². The van der Waals surface area contributed by atoms with Crippen molar-refractivity contribution in [3.05, 3.63) is 59.6 Å². The minimum Gasteiger partial charge on any atom is -0.454 e. The van der Waals surface area contributed by atoms with Gasteiger partial charge in [-0.05, 0) is 43.3 Å². The lowest BCUT2D eigenvalue weighted by molar-refractivity contribution is -0.148. The van der Waals surface area contributed by atoms with Crippen molar-refractivity contribution in [2.45, 2.75) is 17.9 Å². The molecule has 9 heteroatoms. The molecule has 0 saturated heterocycles. The van der Waals surface area contributed by atoms with Crippen LogP contribution in [0.15, 0.2) is 59.5 Å². The van der Waals surface area contributed by atoms with E-state index in [9.17, 15) is 18.0 Å². The Balaban J connectivity index is 1.87. The number of anilines is 1. The summed E-state index contributed by atoms with van der Waals surface area (Å²) in [5, 5.41) is 2.94. The zero-order valence-electron chi connectivity index (χ0n) is 13.8. The fraction of sp³-hybridized carbons (Fsp3) is 0.176. The van der Waals surface area contributed by atoms with Crippen molar-refractivity contribution in [1.82, 2.24) is 4.72 Å². The van der Waals surface area contributed by atoms with Crippen molar-refractivity contribution in [2.75, 3.05) is 11.9 Å². The molecule has 0 unspecified atom stereocenters. The van der Waals surface area contributed by atoms with E-state index in [1.54, 1.807) is 30.3 Å². The van der Waals surface area contributed by atoms with Gasteiger partial charge in [-0.15, -0.1) is 0 Å². The highest BCUT2D eigenvalue weighted by Crippen LogP contribution is 2.14. The first-order valence-corrected chi connectivity index (χ1v) is 9.43. The number of para-hydroxylation sites is 1. The van der Waals surface area contributed by atoms with E-state index in [0.29, 0.717) is 10.7 Å². The van der Waals surface area contributed by atoms with E-state index >= 15 is 0 Å². The second-order valence-electron chi connectivity index (χ2n) is 5.32. The van der Waals surface area contributed by atoms with Gasteiger partial charge in [-0.1, -0.05) is 29.8 Å². The number of carbonyl (C=O) groups is 2. The molecule has 0 saturated carbocycles. The molecule has 7 nitrogen and oxygen atoms in total. The van der Waals surface area contributed by atoms with E-state index in [4.69, 9.17) is 16.3 Å². The molecule has 0 radical (unpaired) electrons. The molecular weight excluding hydrogens is 380 g/mol. The molecule has 2 aromatic carbocycles. The van der Waals surface area contributed by atoms with E-state index < -0.39 is 34.5 Å². The topological polar surface area (TPSA) is 102 Å². The molecule has 0 aliphatic carbocycles. The highest BCUT2D eigenvalue weighted by Gasteiger charge is 2.23. The molecule has 0 aromatic heterocycles. The first-order chi connectivity index (χ1) is 12.3. The predicted octanol–water partition coefficient (Wildman–Crippen LogP) is 2.19. The molecule has 1 amide bonds. The molecule has 0 heterocycles. The summed E-state index contributed by atoms with van der Waals surface area (Å²) in [5.41, 5.74) is 0.560. The maximum atomic E-state index is 12.2. The molecule has 2 aromatic rings. The number of esters is 1. The van der Waals surface area contributed by atoms with Crippen LogP contribution in [0.5, 0.6) is 0 Å². The number of nitrogens with one attached hydrogen (secondary N) is 2. The normalized spacial score (nSPS) is 12.2. The number of sulfonamides is 1. The van der Waals surface area contributed by atoms with Crippen molar-refractivity contribution < 1.29 is 22.7 Å². The molecule has 2 N–H and O–H groups in total. The zero-order valence-corrected chi connectivity index (χ0v) is 15.4. The summed E-state index contributed by atoms with van der Waals surface area (Å²) in [7, 11) is -3.92. The van der Waals surface area contributed by atoms with Crippen LogP contribution < -0.4 is 10.0 Å². The van der Waals surface area contributed by atoms with Gasteiger partial charge in [0.15, 0.2) is 6.61 Å². The Hall–Kier alpha value is -2.42. The molecule has 138 valence electrons. The second-order valence-corrected chi connectivity index (χ2v) is 7.47. The lowest BCUT2D eigenvalue weighted by Crippen LogP contribution is -2.40. The van der Waals surface area contributed by atoms with Gasteiger partial charge in [-0.3, -0.25) is 9.59 Å². The van der Waals surface area contributed by atoms with Crippen LogP contribution in [-0.4, -0.2) is 32.9 Å². The van der Waals surface area contributed by atoms with Gasteiger partial charge in [0.25, 0.3) is 5.91 Å². The van der Waals surface area contributed by atoms with Gasteiger partial charge in [0, 0.05) is 10.7 Å². The largest absolute Gasteiger partial charge is 0.454 e. The number of rotatable bonds is 7.